The van der Waals surface area contributed by atoms with Crippen LogP contribution in [0.1, 0.15) is 66.6 Å². The number of ether oxygens (including phenoxy) is 4. The van der Waals surface area contributed by atoms with E-state index in [1.807, 2.05) is 0 Å². The van der Waals surface area contributed by atoms with Crippen molar-refractivity contribution in [2.75, 3.05) is 0 Å². The Morgan fingerprint density at radius 2 is 1.21 bits per heavy atom. The van der Waals surface area contributed by atoms with Gasteiger partial charge >= 0.3 is 17.9 Å². The van der Waals surface area contributed by atoms with Gasteiger partial charge in [-0.2, -0.15) is 0 Å². The fraction of sp³-hybridized carbons (Fsp3) is 0.233. The number of hydrogen-bond acceptors (Lipinski definition) is 9. The van der Waals surface area contributed by atoms with E-state index in [1.54, 1.807) is 48.5 Å². The lowest BCUT2D eigenvalue weighted by Crippen LogP contribution is -2.33. The summed E-state index contributed by atoms with van der Waals surface area (Å²) in [6.45, 7) is 2.79. The van der Waals surface area contributed by atoms with Crippen molar-refractivity contribution < 1.29 is 42.9 Å². The average Bonchev–Trinajstić information content (AvgIpc) is 3.19. The molecule has 0 fully saturated rings. The van der Waals surface area contributed by atoms with Gasteiger partial charge in [0, 0.05) is 41.7 Å². The third-order valence-corrected chi connectivity index (χ3v) is 6.48. The molecular formula is C30H24O9. The standard InChI is InChI=1S/C30H24O9/c1-17(31)7-13-27(33)36-19-9-11-23-25(15-19)38-26-16-20(37-28(34)14-8-18(2)32)10-12-24(26)30(23)22-6-4-3-5-21(22)29(35)39-30/h3-6,9-12,15-16H,7-8,13-14H2,1-2H3. The van der Waals surface area contributed by atoms with Crippen LogP contribution in [0, 0.1) is 0 Å². The molecule has 5 rings (SSSR count). The van der Waals surface area contributed by atoms with Crippen LogP contribution in [0.4, 0.5) is 0 Å². The molecule has 0 aliphatic carbocycles. The number of carbonyl (C=O) groups is 5. The van der Waals surface area contributed by atoms with Crippen LogP contribution in [0.25, 0.3) is 0 Å². The van der Waals surface area contributed by atoms with E-state index in [0.717, 1.165) is 0 Å². The molecule has 39 heavy (non-hydrogen) atoms. The number of benzene rings is 3. The summed E-state index contributed by atoms with van der Waals surface area (Å²) in [6.07, 6.45) is 0.00159. The Morgan fingerprint density at radius 1 is 0.692 bits per heavy atom. The number of fused-ring (bicyclic) bond motifs is 6. The van der Waals surface area contributed by atoms with E-state index in [-0.39, 0.29) is 60.2 Å². The van der Waals surface area contributed by atoms with Crippen LogP contribution in [-0.2, 0) is 29.5 Å². The number of ketones is 2. The molecule has 2 aliphatic heterocycles. The van der Waals surface area contributed by atoms with Gasteiger partial charge in [-0.3, -0.25) is 9.59 Å². The average molecular weight is 529 g/mol. The highest BCUT2D eigenvalue weighted by atomic mass is 16.6. The summed E-state index contributed by atoms with van der Waals surface area (Å²) in [4.78, 5) is 59.9. The van der Waals surface area contributed by atoms with Crippen LogP contribution in [0.3, 0.4) is 0 Å². The Balaban J connectivity index is 1.55. The van der Waals surface area contributed by atoms with Crippen LogP contribution in [-0.4, -0.2) is 29.5 Å². The summed E-state index contributed by atoms with van der Waals surface area (Å²) < 4.78 is 23.1. The predicted molar refractivity (Wildman–Crippen MR) is 136 cm³/mol. The molecule has 0 saturated carbocycles. The topological polar surface area (TPSA) is 122 Å². The zero-order valence-electron chi connectivity index (χ0n) is 21.3. The normalized spacial score (nSPS) is 13.8. The monoisotopic (exact) mass is 528 g/mol. The first-order valence-corrected chi connectivity index (χ1v) is 12.4. The van der Waals surface area contributed by atoms with Crippen LogP contribution in [0.5, 0.6) is 23.0 Å². The lowest BCUT2D eigenvalue weighted by atomic mass is 9.77. The van der Waals surface area contributed by atoms with Crippen molar-refractivity contribution in [2.45, 2.75) is 45.1 Å². The largest absolute Gasteiger partial charge is 0.456 e. The van der Waals surface area contributed by atoms with Gasteiger partial charge in [-0.15, -0.1) is 0 Å². The molecule has 0 bridgehead atoms. The van der Waals surface area contributed by atoms with E-state index in [4.69, 9.17) is 18.9 Å². The number of Topliss-reactive ketones (excluding diaryl/α,β-unsaturated/α-hetero) is 2. The predicted octanol–water partition coefficient (Wildman–Crippen LogP) is 4.80. The molecule has 3 aromatic carbocycles. The van der Waals surface area contributed by atoms with Crippen molar-refractivity contribution in [3.05, 3.63) is 82.9 Å². The molecule has 0 atom stereocenters. The van der Waals surface area contributed by atoms with Crippen molar-refractivity contribution in [1.82, 2.24) is 0 Å². The Kier molecular flexibility index (Phi) is 6.74. The molecule has 0 N–H and O–H groups in total. The van der Waals surface area contributed by atoms with Gasteiger partial charge in [0.2, 0.25) is 0 Å². The maximum Gasteiger partial charge on any atom is 0.340 e. The number of rotatable bonds is 8. The van der Waals surface area contributed by atoms with Gasteiger partial charge in [0.05, 0.1) is 18.4 Å². The second-order valence-corrected chi connectivity index (χ2v) is 9.39. The molecule has 9 heteroatoms. The van der Waals surface area contributed by atoms with E-state index >= 15 is 0 Å². The first-order chi connectivity index (χ1) is 18.7. The summed E-state index contributed by atoms with van der Waals surface area (Å²) in [6, 6.07) is 16.5. The van der Waals surface area contributed by atoms with Gasteiger partial charge in [0.25, 0.3) is 0 Å². The zero-order valence-corrected chi connectivity index (χ0v) is 21.3. The van der Waals surface area contributed by atoms with Crippen molar-refractivity contribution in [1.29, 1.82) is 0 Å². The van der Waals surface area contributed by atoms with Crippen molar-refractivity contribution in [3.63, 3.8) is 0 Å². The second-order valence-electron chi connectivity index (χ2n) is 9.39. The molecule has 0 aromatic heterocycles. The lowest BCUT2D eigenvalue weighted by molar-refractivity contribution is -0.136. The van der Waals surface area contributed by atoms with Gasteiger partial charge in [-0.05, 0) is 44.2 Å². The fourth-order valence-corrected chi connectivity index (χ4v) is 4.68. The summed E-state index contributed by atoms with van der Waals surface area (Å²) in [5, 5.41) is 0. The molecule has 9 nitrogen and oxygen atoms in total. The first-order valence-electron chi connectivity index (χ1n) is 12.4. The summed E-state index contributed by atoms with van der Waals surface area (Å²) in [5.74, 6) is -1.01. The molecular weight excluding hydrogens is 504 g/mol. The van der Waals surface area contributed by atoms with E-state index in [2.05, 4.69) is 0 Å². The molecule has 0 saturated heterocycles. The maximum atomic E-state index is 13.0. The summed E-state index contributed by atoms with van der Waals surface area (Å²) in [7, 11) is 0. The Morgan fingerprint density at radius 3 is 1.72 bits per heavy atom. The Labute approximate surface area is 223 Å². The Hall–Kier alpha value is -4.79. The summed E-state index contributed by atoms with van der Waals surface area (Å²) in [5.41, 5.74) is 0.685. The van der Waals surface area contributed by atoms with Crippen molar-refractivity contribution in [2.24, 2.45) is 0 Å². The van der Waals surface area contributed by atoms with E-state index < -0.39 is 23.5 Å². The van der Waals surface area contributed by atoms with Crippen molar-refractivity contribution in [3.8, 4) is 23.0 Å². The Bertz CT molecular complexity index is 1450. The van der Waals surface area contributed by atoms with Gasteiger partial charge in [0.1, 0.15) is 34.6 Å². The fourth-order valence-electron chi connectivity index (χ4n) is 4.68. The molecule has 2 aliphatic rings. The van der Waals surface area contributed by atoms with Crippen molar-refractivity contribution >= 4 is 29.5 Å². The highest BCUT2D eigenvalue weighted by Crippen LogP contribution is 2.57. The first kappa shape index (κ1) is 25.8. The van der Waals surface area contributed by atoms with Gasteiger partial charge in [-0.1, -0.05) is 18.2 Å². The zero-order chi connectivity index (χ0) is 27.7. The molecule has 198 valence electrons. The lowest BCUT2D eigenvalue weighted by Gasteiger charge is -2.36. The smallest absolute Gasteiger partial charge is 0.340 e. The van der Waals surface area contributed by atoms with Crippen LogP contribution >= 0.6 is 0 Å². The third kappa shape index (κ3) is 4.90. The summed E-state index contributed by atoms with van der Waals surface area (Å²) >= 11 is 0. The molecule has 0 unspecified atom stereocenters. The van der Waals surface area contributed by atoms with Crippen LogP contribution in [0.15, 0.2) is 60.7 Å². The highest BCUT2D eigenvalue weighted by molar-refractivity contribution is 5.97. The molecule has 0 amide bonds. The number of carbonyl (C=O) groups excluding carboxylic acids is 5. The van der Waals surface area contributed by atoms with Gasteiger partial charge in [0.15, 0.2) is 5.60 Å². The maximum absolute atomic E-state index is 13.0. The van der Waals surface area contributed by atoms with E-state index in [9.17, 15) is 24.0 Å². The molecule has 3 aromatic rings. The van der Waals surface area contributed by atoms with E-state index in [1.165, 1.54) is 26.0 Å². The number of hydrogen-bond donors (Lipinski definition) is 0. The van der Waals surface area contributed by atoms with Gasteiger partial charge < -0.3 is 28.5 Å². The third-order valence-electron chi connectivity index (χ3n) is 6.48. The van der Waals surface area contributed by atoms with Crippen LogP contribution in [0.2, 0.25) is 0 Å². The molecule has 2 heterocycles. The number of esters is 3. The minimum absolute atomic E-state index is 0.0661. The van der Waals surface area contributed by atoms with E-state index in [0.29, 0.717) is 22.3 Å². The van der Waals surface area contributed by atoms with Gasteiger partial charge in [-0.25, -0.2) is 4.79 Å². The molecule has 0 radical (unpaired) electrons. The quantitative estimate of drug-likeness (QED) is 0.300. The second kappa shape index (κ2) is 10.2. The SMILES string of the molecule is CC(=O)CCC(=O)Oc1ccc2c(c1)Oc1cc(OC(=O)CCC(C)=O)ccc1C21OC(=O)c2ccccc21. The van der Waals surface area contributed by atoms with Crippen LogP contribution < -0.4 is 14.2 Å². The minimum Gasteiger partial charge on any atom is -0.456 e. The highest BCUT2D eigenvalue weighted by Gasteiger charge is 2.53. The minimum atomic E-state index is -1.36. The molecule has 1 spiro atoms.